The standard InChI is InChI=1S/C22H26ClN3O3/c1-15(16-8-10-17(23)11-9-16)25-21(28)13-24-20-7-3-2-6-19(20)22(29)26-12-4-5-18(26)14-27/h2-3,6-11,15,18,24,27H,4-5,12-14H2,1H3,(H,25,28). The van der Waals surface area contributed by atoms with Gasteiger partial charge in [0.25, 0.3) is 5.91 Å². The molecule has 1 aliphatic heterocycles. The molecule has 7 heteroatoms. The number of aliphatic hydroxyl groups is 1. The van der Waals surface area contributed by atoms with Crippen molar-refractivity contribution in [1.82, 2.24) is 10.2 Å². The van der Waals surface area contributed by atoms with Gasteiger partial charge in [-0.1, -0.05) is 35.9 Å². The molecule has 6 nitrogen and oxygen atoms in total. The van der Waals surface area contributed by atoms with Gasteiger partial charge in [0.05, 0.1) is 30.8 Å². The number of nitrogens with one attached hydrogen (secondary N) is 2. The summed E-state index contributed by atoms with van der Waals surface area (Å²) in [5, 5.41) is 16.2. The number of carbonyl (C=O) groups excluding carboxylic acids is 2. The Balaban J connectivity index is 1.61. The first-order valence-corrected chi connectivity index (χ1v) is 10.2. The number of halogens is 1. The first kappa shape index (κ1) is 21.1. The van der Waals surface area contributed by atoms with Crippen molar-refractivity contribution in [2.45, 2.75) is 31.8 Å². The zero-order valence-corrected chi connectivity index (χ0v) is 17.2. The van der Waals surface area contributed by atoms with Gasteiger partial charge in [0, 0.05) is 17.3 Å². The van der Waals surface area contributed by atoms with Crippen LogP contribution in [0.25, 0.3) is 0 Å². The average Bonchev–Trinajstić information content (AvgIpc) is 3.21. The Morgan fingerprint density at radius 3 is 2.66 bits per heavy atom. The van der Waals surface area contributed by atoms with E-state index >= 15 is 0 Å². The van der Waals surface area contributed by atoms with Crippen LogP contribution in [0.15, 0.2) is 48.5 Å². The molecule has 0 aromatic heterocycles. The Labute approximate surface area is 175 Å². The number of carbonyl (C=O) groups is 2. The minimum absolute atomic E-state index is 0.0354. The molecule has 0 bridgehead atoms. The molecule has 154 valence electrons. The highest BCUT2D eigenvalue weighted by atomic mass is 35.5. The fourth-order valence-electron chi connectivity index (χ4n) is 3.57. The van der Waals surface area contributed by atoms with Crippen LogP contribution in [0.4, 0.5) is 5.69 Å². The molecule has 3 rings (SSSR count). The molecule has 1 fully saturated rings. The van der Waals surface area contributed by atoms with E-state index in [9.17, 15) is 14.7 Å². The third-order valence-electron chi connectivity index (χ3n) is 5.19. The Morgan fingerprint density at radius 2 is 1.93 bits per heavy atom. The van der Waals surface area contributed by atoms with Gasteiger partial charge in [-0.05, 0) is 49.6 Å². The fourth-order valence-corrected chi connectivity index (χ4v) is 3.70. The van der Waals surface area contributed by atoms with E-state index in [1.54, 1.807) is 35.2 Å². The summed E-state index contributed by atoms with van der Waals surface area (Å²) in [5.41, 5.74) is 2.07. The van der Waals surface area contributed by atoms with E-state index in [1.165, 1.54) is 0 Å². The van der Waals surface area contributed by atoms with Gasteiger partial charge in [0.1, 0.15) is 0 Å². The van der Waals surface area contributed by atoms with Crippen LogP contribution in [0.5, 0.6) is 0 Å². The molecule has 0 aliphatic carbocycles. The number of aliphatic hydroxyl groups excluding tert-OH is 1. The van der Waals surface area contributed by atoms with E-state index in [0.717, 1.165) is 18.4 Å². The molecule has 29 heavy (non-hydrogen) atoms. The minimum Gasteiger partial charge on any atom is -0.394 e. The number of benzene rings is 2. The summed E-state index contributed by atoms with van der Waals surface area (Å²) in [4.78, 5) is 27.0. The number of hydrogen-bond acceptors (Lipinski definition) is 4. The second-order valence-electron chi connectivity index (χ2n) is 7.22. The summed E-state index contributed by atoms with van der Waals surface area (Å²) in [7, 11) is 0. The lowest BCUT2D eigenvalue weighted by molar-refractivity contribution is -0.120. The lowest BCUT2D eigenvalue weighted by Crippen LogP contribution is -2.38. The van der Waals surface area contributed by atoms with Crippen LogP contribution in [0.1, 0.15) is 41.7 Å². The van der Waals surface area contributed by atoms with Gasteiger partial charge in [-0.3, -0.25) is 9.59 Å². The molecule has 2 atom stereocenters. The van der Waals surface area contributed by atoms with Crippen LogP contribution >= 0.6 is 11.6 Å². The number of para-hydroxylation sites is 1. The SMILES string of the molecule is CC(NC(=O)CNc1ccccc1C(=O)N1CCCC1CO)c1ccc(Cl)cc1. The topological polar surface area (TPSA) is 81.7 Å². The van der Waals surface area contributed by atoms with Gasteiger partial charge in [0.15, 0.2) is 0 Å². The van der Waals surface area contributed by atoms with Gasteiger partial charge < -0.3 is 20.6 Å². The van der Waals surface area contributed by atoms with Gasteiger partial charge in [0.2, 0.25) is 5.91 Å². The molecule has 0 saturated carbocycles. The Hall–Kier alpha value is -2.57. The summed E-state index contributed by atoms with van der Waals surface area (Å²) < 4.78 is 0. The normalized spacial score (nSPS) is 17.1. The van der Waals surface area contributed by atoms with Crippen molar-refractivity contribution in [1.29, 1.82) is 0 Å². The van der Waals surface area contributed by atoms with Crippen LogP contribution in [-0.2, 0) is 4.79 Å². The number of anilines is 1. The van der Waals surface area contributed by atoms with E-state index in [2.05, 4.69) is 10.6 Å². The predicted molar refractivity (Wildman–Crippen MR) is 114 cm³/mol. The number of rotatable bonds is 7. The maximum absolute atomic E-state index is 12.9. The van der Waals surface area contributed by atoms with Crippen molar-refractivity contribution in [3.05, 3.63) is 64.7 Å². The second kappa shape index (κ2) is 9.76. The maximum Gasteiger partial charge on any atom is 0.256 e. The number of amides is 2. The lowest BCUT2D eigenvalue weighted by atomic mass is 10.1. The van der Waals surface area contributed by atoms with Crippen molar-refractivity contribution in [2.24, 2.45) is 0 Å². The molecule has 2 aromatic rings. The summed E-state index contributed by atoms with van der Waals surface area (Å²) in [6.07, 6.45) is 1.69. The maximum atomic E-state index is 12.9. The molecule has 1 heterocycles. The summed E-state index contributed by atoms with van der Waals surface area (Å²) in [5.74, 6) is -0.302. The highest BCUT2D eigenvalue weighted by molar-refractivity contribution is 6.30. The van der Waals surface area contributed by atoms with E-state index in [1.807, 2.05) is 25.1 Å². The minimum atomic E-state index is -0.177. The highest BCUT2D eigenvalue weighted by Gasteiger charge is 2.29. The zero-order chi connectivity index (χ0) is 20.8. The summed E-state index contributed by atoms with van der Waals surface area (Å²) in [6, 6.07) is 14.2. The largest absolute Gasteiger partial charge is 0.394 e. The van der Waals surface area contributed by atoms with Crippen LogP contribution in [0.3, 0.4) is 0 Å². The Bertz CT molecular complexity index is 857. The van der Waals surface area contributed by atoms with Crippen LogP contribution in [-0.4, -0.2) is 47.6 Å². The lowest BCUT2D eigenvalue weighted by Gasteiger charge is -2.24. The van der Waals surface area contributed by atoms with Gasteiger partial charge in [-0.25, -0.2) is 0 Å². The summed E-state index contributed by atoms with van der Waals surface area (Å²) in [6.45, 7) is 2.55. The van der Waals surface area contributed by atoms with Gasteiger partial charge >= 0.3 is 0 Å². The first-order chi connectivity index (χ1) is 14.0. The quantitative estimate of drug-likeness (QED) is 0.648. The molecule has 2 unspecified atom stereocenters. The third kappa shape index (κ3) is 5.28. The number of likely N-dealkylation sites (tertiary alicyclic amines) is 1. The molecular formula is C22H26ClN3O3. The zero-order valence-electron chi connectivity index (χ0n) is 16.4. The van der Waals surface area contributed by atoms with Gasteiger partial charge in [-0.15, -0.1) is 0 Å². The third-order valence-corrected chi connectivity index (χ3v) is 5.45. The highest BCUT2D eigenvalue weighted by Crippen LogP contribution is 2.23. The van der Waals surface area contributed by atoms with Crippen LogP contribution in [0.2, 0.25) is 5.02 Å². The molecule has 2 aromatic carbocycles. The molecular weight excluding hydrogens is 390 g/mol. The molecule has 0 spiro atoms. The Kier molecular flexibility index (Phi) is 7.12. The monoisotopic (exact) mass is 415 g/mol. The Morgan fingerprint density at radius 1 is 1.21 bits per heavy atom. The first-order valence-electron chi connectivity index (χ1n) is 9.79. The molecule has 1 aliphatic rings. The number of nitrogens with zero attached hydrogens (tertiary/aromatic N) is 1. The smallest absolute Gasteiger partial charge is 0.256 e. The van der Waals surface area contributed by atoms with Crippen molar-refractivity contribution in [3.63, 3.8) is 0 Å². The van der Waals surface area contributed by atoms with E-state index in [0.29, 0.717) is 22.8 Å². The van der Waals surface area contributed by atoms with Crippen LogP contribution in [0, 0.1) is 0 Å². The van der Waals surface area contributed by atoms with E-state index in [-0.39, 0.29) is 37.0 Å². The predicted octanol–water partition coefficient (Wildman–Crippen LogP) is 3.23. The average molecular weight is 416 g/mol. The number of hydrogen-bond donors (Lipinski definition) is 3. The molecule has 3 N–H and O–H groups in total. The molecule has 0 radical (unpaired) electrons. The van der Waals surface area contributed by atoms with E-state index in [4.69, 9.17) is 11.6 Å². The molecule has 1 saturated heterocycles. The molecule has 2 amide bonds. The van der Waals surface area contributed by atoms with Crippen molar-refractivity contribution in [3.8, 4) is 0 Å². The van der Waals surface area contributed by atoms with Crippen molar-refractivity contribution >= 4 is 29.1 Å². The van der Waals surface area contributed by atoms with E-state index < -0.39 is 0 Å². The fraction of sp³-hybridized carbons (Fsp3) is 0.364. The summed E-state index contributed by atoms with van der Waals surface area (Å²) >= 11 is 5.90. The van der Waals surface area contributed by atoms with Crippen LogP contribution < -0.4 is 10.6 Å². The van der Waals surface area contributed by atoms with Gasteiger partial charge in [-0.2, -0.15) is 0 Å². The van der Waals surface area contributed by atoms with Crippen molar-refractivity contribution < 1.29 is 14.7 Å². The second-order valence-corrected chi connectivity index (χ2v) is 7.65. The van der Waals surface area contributed by atoms with Crippen molar-refractivity contribution in [2.75, 3.05) is 25.0 Å².